The number of carbonyl (C=O) groups is 1. The molecule has 3 aromatic rings. The fourth-order valence-corrected chi connectivity index (χ4v) is 2.91. The molecular weight excluding hydrogens is 382 g/mol. The van der Waals surface area contributed by atoms with Gasteiger partial charge in [0, 0.05) is 35.7 Å². The van der Waals surface area contributed by atoms with Gasteiger partial charge in [0.2, 0.25) is 5.91 Å². The topological polar surface area (TPSA) is 121 Å². The van der Waals surface area contributed by atoms with E-state index in [1.165, 1.54) is 18.2 Å². The van der Waals surface area contributed by atoms with E-state index < -0.39 is 4.92 Å². The average Bonchev–Trinajstić information content (AvgIpc) is 2.76. The third-order valence-corrected chi connectivity index (χ3v) is 4.85. The number of amides is 1. The van der Waals surface area contributed by atoms with Gasteiger partial charge < -0.3 is 10.6 Å². The number of nitrogens with zero attached hydrogens (tertiary/aromatic N) is 3. The van der Waals surface area contributed by atoms with Gasteiger partial charge in [0.15, 0.2) is 0 Å². The van der Waals surface area contributed by atoms with Crippen molar-refractivity contribution in [1.82, 2.24) is 4.98 Å². The van der Waals surface area contributed by atoms with Crippen molar-refractivity contribution in [3.63, 3.8) is 0 Å². The standard InChI is InChI=1S/C22H21N5O3/c1-3-14(2)22(28)25-17-6-4-5-15(9-17)13-24-21-10-16(12-23)19-11-18(27(29)30)7-8-20(19)26-21/h4-11,14H,3,13H2,1-2H3,(H,24,26)(H,25,28). The second-order valence-electron chi connectivity index (χ2n) is 6.98. The molecule has 3 rings (SSSR count). The Balaban J connectivity index is 1.78. The van der Waals surface area contributed by atoms with Gasteiger partial charge in [-0.2, -0.15) is 5.26 Å². The first-order chi connectivity index (χ1) is 14.4. The van der Waals surface area contributed by atoms with E-state index in [9.17, 15) is 20.2 Å². The van der Waals surface area contributed by atoms with Gasteiger partial charge in [-0.3, -0.25) is 14.9 Å². The number of hydrogen-bond acceptors (Lipinski definition) is 6. The number of rotatable bonds is 7. The van der Waals surface area contributed by atoms with Crippen LogP contribution in [0.15, 0.2) is 48.5 Å². The van der Waals surface area contributed by atoms with E-state index in [0.717, 1.165) is 17.7 Å². The molecule has 0 aliphatic carbocycles. The molecule has 8 nitrogen and oxygen atoms in total. The van der Waals surface area contributed by atoms with E-state index in [1.807, 2.05) is 38.1 Å². The molecule has 152 valence electrons. The van der Waals surface area contributed by atoms with E-state index >= 15 is 0 Å². The lowest BCUT2D eigenvalue weighted by molar-refractivity contribution is -0.384. The maximum absolute atomic E-state index is 12.1. The zero-order valence-electron chi connectivity index (χ0n) is 16.7. The normalized spacial score (nSPS) is 11.5. The Morgan fingerprint density at radius 1 is 1.27 bits per heavy atom. The molecule has 0 aliphatic heterocycles. The van der Waals surface area contributed by atoms with Crippen LogP contribution in [0.5, 0.6) is 0 Å². The van der Waals surface area contributed by atoms with Gasteiger partial charge in [-0.25, -0.2) is 4.98 Å². The van der Waals surface area contributed by atoms with Crippen LogP contribution in [0.2, 0.25) is 0 Å². The van der Waals surface area contributed by atoms with Crippen LogP contribution in [0.3, 0.4) is 0 Å². The van der Waals surface area contributed by atoms with Gasteiger partial charge in [-0.1, -0.05) is 26.0 Å². The van der Waals surface area contributed by atoms with Gasteiger partial charge in [0.25, 0.3) is 5.69 Å². The van der Waals surface area contributed by atoms with Crippen LogP contribution in [0, 0.1) is 27.4 Å². The Morgan fingerprint density at radius 2 is 2.07 bits per heavy atom. The maximum Gasteiger partial charge on any atom is 0.270 e. The third-order valence-electron chi connectivity index (χ3n) is 4.85. The molecule has 30 heavy (non-hydrogen) atoms. The number of nitriles is 1. The Hall–Kier alpha value is -3.99. The first-order valence-corrected chi connectivity index (χ1v) is 9.54. The summed E-state index contributed by atoms with van der Waals surface area (Å²) in [4.78, 5) is 27.0. The molecule has 1 aromatic heterocycles. The van der Waals surface area contributed by atoms with E-state index in [2.05, 4.69) is 21.7 Å². The van der Waals surface area contributed by atoms with Crippen LogP contribution < -0.4 is 10.6 Å². The summed E-state index contributed by atoms with van der Waals surface area (Å²) < 4.78 is 0. The summed E-state index contributed by atoms with van der Waals surface area (Å²) in [6, 6.07) is 15.4. The van der Waals surface area contributed by atoms with Crippen LogP contribution >= 0.6 is 0 Å². The summed E-state index contributed by atoms with van der Waals surface area (Å²) in [5, 5.41) is 26.9. The molecule has 0 bridgehead atoms. The fourth-order valence-electron chi connectivity index (χ4n) is 2.91. The van der Waals surface area contributed by atoms with Crippen molar-refractivity contribution in [2.45, 2.75) is 26.8 Å². The lowest BCUT2D eigenvalue weighted by atomic mass is 10.1. The Labute approximate surface area is 173 Å². The molecule has 1 amide bonds. The van der Waals surface area contributed by atoms with Gasteiger partial charge in [-0.15, -0.1) is 0 Å². The van der Waals surface area contributed by atoms with Gasteiger partial charge in [0.1, 0.15) is 5.82 Å². The molecule has 0 aliphatic rings. The van der Waals surface area contributed by atoms with Crippen LogP contribution in [-0.2, 0) is 11.3 Å². The molecule has 1 atom stereocenters. The minimum absolute atomic E-state index is 0.0217. The maximum atomic E-state index is 12.1. The smallest absolute Gasteiger partial charge is 0.270 e. The summed E-state index contributed by atoms with van der Waals surface area (Å²) >= 11 is 0. The monoisotopic (exact) mass is 403 g/mol. The molecule has 0 fully saturated rings. The van der Waals surface area contributed by atoms with Crippen molar-refractivity contribution in [1.29, 1.82) is 5.26 Å². The molecule has 0 saturated heterocycles. The number of non-ortho nitro benzene ring substituents is 1. The summed E-state index contributed by atoms with van der Waals surface area (Å²) in [6.45, 7) is 4.28. The highest BCUT2D eigenvalue weighted by Crippen LogP contribution is 2.25. The molecular formula is C22H21N5O3. The van der Waals surface area contributed by atoms with Crippen LogP contribution in [0.4, 0.5) is 17.2 Å². The quantitative estimate of drug-likeness (QED) is 0.439. The summed E-state index contributed by atoms with van der Waals surface area (Å²) in [6.07, 6.45) is 0.769. The van der Waals surface area contributed by atoms with Crippen molar-refractivity contribution in [2.75, 3.05) is 10.6 Å². The number of nitrogens with one attached hydrogen (secondary N) is 2. The van der Waals surface area contributed by atoms with Crippen molar-refractivity contribution < 1.29 is 9.72 Å². The largest absolute Gasteiger partial charge is 0.366 e. The molecule has 2 N–H and O–H groups in total. The number of anilines is 2. The third kappa shape index (κ3) is 4.70. The molecule has 0 radical (unpaired) electrons. The summed E-state index contributed by atoms with van der Waals surface area (Å²) in [7, 11) is 0. The highest BCUT2D eigenvalue weighted by atomic mass is 16.6. The van der Waals surface area contributed by atoms with Crippen LogP contribution in [-0.4, -0.2) is 15.8 Å². The number of pyridine rings is 1. The lowest BCUT2D eigenvalue weighted by Gasteiger charge is -2.12. The molecule has 0 spiro atoms. The van der Waals surface area contributed by atoms with Gasteiger partial charge in [-0.05, 0) is 36.2 Å². The number of benzene rings is 2. The molecule has 8 heteroatoms. The molecule has 0 saturated carbocycles. The zero-order valence-corrected chi connectivity index (χ0v) is 16.7. The Kier molecular flexibility index (Phi) is 6.23. The van der Waals surface area contributed by atoms with Crippen molar-refractivity contribution in [3.8, 4) is 6.07 Å². The van der Waals surface area contributed by atoms with E-state index in [4.69, 9.17) is 0 Å². The highest BCUT2D eigenvalue weighted by Gasteiger charge is 2.12. The van der Waals surface area contributed by atoms with Crippen molar-refractivity contribution in [3.05, 3.63) is 69.8 Å². The fraction of sp³-hybridized carbons (Fsp3) is 0.227. The van der Waals surface area contributed by atoms with Crippen LogP contribution in [0.25, 0.3) is 10.9 Å². The number of carbonyl (C=O) groups excluding carboxylic acids is 1. The number of fused-ring (bicyclic) bond motifs is 1. The predicted octanol–water partition coefficient (Wildman–Crippen LogP) is 4.61. The Bertz CT molecular complexity index is 1150. The van der Waals surface area contributed by atoms with Gasteiger partial charge in [0.05, 0.1) is 22.1 Å². The van der Waals surface area contributed by atoms with Crippen molar-refractivity contribution >= 4 is 34.0 Å². The minimum Gasteiger partial charge on any atom is -0.366 e. The molecule has 2 aromatic carbocycles. The van der Waals surface area contributed by atoms with E-state index in [-0.39, 0.29) is 17.5 Å². The van der Waals surface area contributed by atoms with E-state index in [0.29, 0.717) is 28.8 Å². The Morgan fingerprint density at radius 3 is 2.77 bits per heavy atom. The number of aromatic nitrogens is 1. The van der Waals surface area contributed by atoms with Gasteiger partial charge >= 0.3 is 0 Å². The predicted molar refractivity (Wildman–Crippen MR) is 115 cm³/mol. The second-order valence-corrected chi connectivity index (χ2v) is 6.98. The minimum atomic E-state index is -0.500. The first kappa shape index (κ1) is 20.7. The van der Waals surface area contributed by atoms with Crippen LogP contribution in [0.1, 0.15) is 31.4 Å². The number of hydrogen-bond donors (Lipinski definition) is 2. The van der Waals surface area contributed by atoms with E-state index in [1.54, 1.807) is 6.07 Å². The first-order valence-electron chi connectivity index (χ1n) is 9.54. The van der Waals surface area contributed by atoms with Crippen molar-refractivity contribution in [2.24, 2.45) is 5.92 Å². The SMILES string of the molecule is CCC(C)C(=O)Nc1cccc(CNc2cc(C#N)c3cc([N+](=O)[O-])ccc3n2)c1. The number of nitro groups is 1. The number of nitro benzene ring substituents is 1. The molecule has 1 heterocycles. The summed E-state index contributed by atoms with van der Waals surface area (Å²) in [5.41, 5.74) is 2.37. The summed E-state index contributed by atoms with van der Waals surface area (Å²) in [5.74, 6) is 0.405. The highest BCUT2D eigenvalue weighted by molar-refractivity contribution is 5.92. The lowest BCUT2D eigenvalue weighted by Crippen LogP contribution is -2.19. The molecule has 1 unspecified atom stereocenters. The zero-order chi connectivity index (χ0) is 21.7. The average molecular weight is 403 g/mol. The second kappa shape index (κ2) is 9.01.